The molecule has 0 radical (unpaired) electrons. The van der Waals surface area contributed by atoms with Gasteiger partial charge >= 0.3 is 0 Å². The molecule has 1 atom stereocenters. The van der Waals surface area contributed by atoms with Crippen molar-refractivity contribution in [1.29, 1.82) is 0 Å². The third kappa shape index (κ3) is 5.14. The van der Waals surface area contributed by atoms with Crippen molar-refractivity contribution in [2.75, 3.05) is 19.8 Å². The van der Waals surface area contributed by atoms with Crippen molar-refractivity contribution in [2.45, 2.75) is 51.8 Å². The first-order chi connectivity index (χ1) is 13.0. The number of carbonyl (C=O) groups excluding carboxylic acids is 1. The van der Waals surface area contributed by atoms with Gasteiger partial charge in [0, 0.05) is 12.6 Å². The molecule has 27 heavy (non-hydrogen) atoms. The van der Waals surface area contributed by atoms with Crippen molar-refractivity contribution in [3.63, 3.8) is 0 Å². The highest BCUT2D eigenvalue weighted by Gasteiger charge is 2.20. The van der Waals surface area contributed by atoms with Crippen LogP contribution < -0.4 is 5.56 Å². The maximum absolute atomic E-state index is 12.6. The van der Waals surface area contributed by atoms with Crippen molar-refractivity contribution in [2.24, 2.45) is 0 Å². The van der Waals surface area contributed by atoms with Gasteiger partial charge in [0.15, 0.2) is 0 Å². The molecule has 1 fully saturated rings. The lowest BCUT2D eigenvalue weighted by molar-refractivity contribution is -0.135. The summed E-state index contributed by atoms with van der Waals surface area (Å²) in [6.45, 7) is 5.86. The Morgan fingerprint density at radius 3 is 2.96 bits per heavy atom. The molecule has 0 spiro atoms. The molecule has 0 aliphatic carbocycles. The van der Waals surface area contributed by atoms with E-state index >= 15 is 0 Å². The van der Waals surface area contributed by atoms with Crippen LogP contribution in [0, 0.1) is 0 Å². The van der Waals surface area contributed by atoms with Gasteiger partial charge in [0.05, 0.1) is 43.2 Å². The lowest BCUT2D eigenvalue weighted by Crippen LogP contribution is -2.38. The number of para-hydroxylation sites is 1. The third-order valence-corrected chi connectivity index (χ3v) is 4.71. The monoisotopic (exact) mass is 373 g/mol. The smallest absolute Gasteiger partial charge is 0.258 e. The SMILES string of the molecule is CC(C)N(Cc1nc2ccccc2c(=O)[nH]1)C(=O)CCOCC1CCCO1. The van der Waals surface area contributed by atoms with E-state index in [2.05, 4.69) is 9.97 Å². The summed E-state index contributed by atoms with van der Waals surface area (Å²) < 4.78 is 11.1. The molecule has 2 aromatic rings. The lowest BCUT2D eigenvalue weighted by Gasteiger charge is -2.26. The van der Waals surface area contributed by atoms with Gasteiger partial charge in [-0.2, -0.15) is 0 Å². The van der Waals surface area contributed by atoms with Crippen LogP contribution in [0.25, 0.3) is 10.9 Å². The number of aromatic amines is 1. The highest BCUT2D eigenvalue weighted by atomic mass is 16.5. The third-order valence-electron chi connectivity index (χ3n) is 4.71. The molecule has 1 aliphatic rings. The molecule has 1 aliphatic heterocycles. The van der Waals surface area contributed by atoms with Gasteiger partial charge in [-0.15, -0.1) is 0 Å². The van der Waals surface area contributed by atoms with Crippen molar-refractivity contribution in [3.8, 4) is 0 Å². The van der Waals surface area contributed by atoms with Crippen LogP contribution in [0.15, 0.2) is 29.1 Å². The molecule has 0 saturated carbocycles. The van der Waals surface area contributed by atoms with E-state index in [0.29, 0.717) is 36.4 Å². The summed E-state index contributed by atoms with van der Waals surface area (Å²) in [4.78, 5) is 33.8. The molecule has 1 aromatic carbocycles. The lowest BCUT2D eigenvalue weighted by atomic mass is 10.2. The van der Waals surface area contributed by atoms with Gasteiger partial charge < -0.3 is 19.4 Å². The number of nitrogens with one attached hydrogen (secondary N) is 1. The van der Waals surface area contributed by atoms with E-state index in [9.17, 15) is 9.59 Å². The second-order valence-electron chi connectivity index (χ2n) is 7.11. The Morgan fingerprint density at radius 1 is 1.41 bits per heavy atom. The Labute approximate surface area is 158 Å². The standard InChI is InChI=1S/C20H27N3O4/c1-14(2)23(19(24)9-11-26-13-15-6-5-10-27-15)12-18-21-17-8-4-3-7-16(17)20(25)22-18/h3-4,7-8,14-15H,5-6,9-13H2,1-2H3,(H,21,22,25). The van der Waals surface area contributed by atoms with Gasteiger partial charge in [-0.3, -0.25) is 9.59 Å². The van der Waals surface area contributed by atoms with Gasteiger partial charge in [0.25, 0.3) is 5.56 Å². The number of hydrogen-bond donors (Lipinski definition) is 1. The van der Waals surface area contributed by atoms with Crippen molar-refractivity contribution in [1.82, 2.24) is 14.9 Å². The molecule has 1 unspecified atom stereocenters. The van der Waals surface area contributed by atoms with Gasteiger partial charge in [0.2, 0.25) is 5.91 Å². The normalized spacial score (nSPS) is 16.9. The van der Waals surface area contributed by atoms with Gasteiger partial charge in [-0.05, 0) is 38.8 Å². The van der Waals surface area contributed by atoms with Crippen molar-refractivity contribution < 1.29 is 14.3 Å². The number of H-pyrrole nitrogens is 1. The van der Waals surface area contributed by atoms with Crippen LogP contribution in [0.5, 0.6) is 0 Å². The van der Waals surface area contributed by atoms with Crippen LogP contribution >= 0.6 is 0 Å². The molecule has 7 nitrogen and oxygen atoms in total. The summed E-state index contributed by atoms with van der Waals surface area (Å²) in [6.07, 6.45) is 2.55. The van der Waals surface area contributed by atoms with Crippen LogP contribution in [0.2, 0.25) is 0 Å². The van der Waals surface area contributed by atoms with E-state index in [1.54, 1.807) is 23.1 Å². The number of nitrogens with zero attached hydrogens (tertiary/aromatic N) is 2. The van der Waals surface area contributed by atoms with Crippen LogP contribution in [0.3, 0.4) is 0 Å². The van der Waals surface area contributed by atoms with Gasteiger partial charge in [0.1, 0.15) is 5.82 Å². The summed E-state index contributed by atoms with van der Waals surface area (Å²) in [5.41, 5.74) is 0.443. The summed E-state index contributed by atoms with van der Waals surface area (Å²) in [7, 11) is 0. The Morgan fingerprint density at radius 2 is 2.22 bits per heavy atom. The predicted octanol–water partition coefficient (Wildman–Crippen LogP) is 2.25. The molecule has 146 valence electrons. The topological polar surface area (TPSA) is 84.5 Å². The van der Waals surface area contributed by atoms with Gasteiger partial charge in [-0.1, -0.05) is 12.1 Å². The van der Waals surface area contributed by atoms with E-state index in [0.717, 1.165) is 19.4 Å². The largest absolute Gasteiger partial charge is 0.378 e. The Kier molecular flexibility index (Phi) is 6.58. The van der Waals surface area contributed by atoms with E-state index in [-0.39, 0.29) is 30.2 Å². The zero-order valence-electron chi connectivity index (χ0n) is 15.9. The molecule has 3 rings (SSSR count). The summed E-state index contributed by atoms with van der Waals surface area (Å²) in [6, 6.07) is 7.18. The molecule has 1 N–H and O–H groups in total. The Hall–Kier alpha value is -2.25. The molecule has 1 amide bonds. The first-order valence-electron chi connectivity index (χ1n) is 9.51. The zero-order valence-corrected chi connectivity index (χ0v) is 15.9. The number of aromatic nitrogens is 2. The van der Waals surface area contributed by atoms with Crippen LogP contribution in [0.1, 0.15) is 38.9 Å². The summed E-state index contributed by atoms with van der Waals surface area (Å²) in [5.74, 6) is 0.467. The van der Waals surface area contributed by atoms with Crippen LogP contribution in [-0.2, 0) is 20.8 Å². The second kappa shape index (κ2) is 9.10. The molecule has 1 aromatic heterocycles. The fourth-order valence-corrected chi connectivity index (χ4v) is 3.22. The van der Waals surface area contributed by atoms with Crippen LogP contribution in [-0.4, -0.2) is 52.7 Å². The number of amides is 1. The van der Waals surface area contributed by atoms with Gasteiger partial charge in [-0.25, -0.2) is 4.98 Å². The van der Waals surface area contributed by atoms with E-state index < -0.39 is 0 Å². The Balaban J connectivity index is 1.59. The molecule has 7 heteroatoms. The minimum atomic E-state index is -0.188. The molecular weight excluding hydrogens is 346 g/mol. The highest BCUT2D eigenvalue weighted by Crippen LogP contribution is 2.13. The molecule has 0 bridgehead atoms. The number of benzene rings is 1. The first kappa shape index (κ1) is 19.5. The minimum absolute atomic E-state index is 0.00700. The number of carbonyl (C=O) groups is 1. The number of rotatable bonds is 8. The quantitative estimate of drug-likeness (QED) is 0.718. The zero-order chi connectivity index (χ0) is 19.2. The average Bonchev–Trinajstić information content (AvgIpc) is 3.16. The molecule has 2 heterocycles. The maximum atomic E-state index is 12.6. The van der Waals surface area contributed by atoms with Crippen molar-refractivity contribution in [3.05, 3.63) is 40.4 Å². The van der Waals surface area contributed by atoms with E-state index in [1.807, 2.05) is 19.9 Å². The minimum Gasteiger partial charge on any atom is -0.378 e. The summed E-state index contributed by atoms with van der Waals surface area (Å²) >= 11 is 0. The average molecular weight is 373 g/mol. The summed E-state index contributed by atoms with van der Waals surface area (Å²) in [5, 5.41) is 0.547. The molecule has 1 saturated heterocycles. The number of hydrogen-bond acceptors (Lipinski definition) is 5. The molecular formula is C20H27N3O4. The van der Waals surface area contributed by atoms with E-state index in [1.165, 1.54) is 0 Å². The van der Waals surface area contributed by atoms with Crippen LogP contribution in [0.4, 0.5) is 0 Å². The Bertz CT molecular complexity index is 827. The second-order valence-corrected chi connectivity index (χ2v) is 7.11. The number of ether oxygens (including phenoxy) is 2. The predicted molar refractivity (Wildman–Crippen MR) is 102 cm³/mol. The fraction of sp³-hybridized carbons (Fsp3) is 0.550. The van der Waals surface area contributed by atoms with E-state index in [4.69, 9.17) is 9.47 Å². The maximum Gasteiger partial charge on any atom is 0.258 e. The first-order valence-corrected chi connectivity index (χ1v) is 9.51. The van der Waals surface area contributed by atoms with Crippen molar-refractivity contribution >= 4 is 16.8 Å². The fourth-order valence-electron chi connectivity index (χ4n) is 3.22. The number of fused-ring (bicyclic) bond motifs is 1. The highest BCUT2D eigenvalue weighted by molar-refractivity contribution is 5.78.